The molecule has 1 heterocycles. The lowest BCUT2D eigenvalue weighted by atomic mass is 9.44. The lowest BCUT2D eigenvalue weighted by Crippen LogP contribution is -2.67. The lowest BCUT2D eigenvalue weighted by molar-refractivity contribution is -0.290. The number of esters is 1. The van der Waals surface area contributed by atoms with E-state index in [1.165, 1.54) is 0 Å². The molecule has 4 saturated carbocycles. The third-order valence-electron chi connectivity index (χ3n) is 6.86. The van der Waals surface area contributed by atoms with Gasteiger partial charge in [-0.05, 0) is 56.8 Å². The standard InChI is InChI=1S/C19H26O6/c1-11(2)16(20)23-8-15-9-25-19(10-24-15)13-3-12-4-14(19)7-18(5-12,6-13)17(21)22/h12-15H,1,3-10H2,2H3,(H,21,22). The van der Waals surface area contributed by atoms with Crippen molar-refractivity contribution in [3.8, 4) is 0 Å². The number of ether oxygens (including phenoxy) is 3. The molecular formula is C19H26O6. The topological polar surface area (TPSA) is 82.1 Å². The zero-order valence-electron chi connectivity index (χ0n) is 14.7. The first-order chi connectivity index (χ1) is 11.8. The molecule has 0 amide bonds. The van der Waals surface area contributed by atoms with E-state index in [1.807, 2.05) is 0 Å². The molecule has 4 aliphatic carbocycles. The molecule has 3 atom stereocenters. The summed E-state index contributed by atoms with van der Waals surface area (Å²) in [7, 11) is 0. The Bertz CT molecular complexity index is 585. The number of carboxylic acids is 1. The molecule has 5 fully saturated rings. The van der Waals surface area contributed by atoms with Crippen LogP contribution in [-0.2, 0) is 23.8 Å². The van der Waals surface area contributed by atoms with Gasteiger partial charge in [0.15, 0.2) is 0 Å². The van der Waals surface area contributed by atoms with Gasteiger partial charge in [0.1, 0.15) is 12.7 Å². The van der Waals surface area contributed by atoms with Crippen LogP contribution in [0.3, 0.4) is 0 Å². The molecule has 1 N–H and O–H groups in total. The Morgan fingerprint density at radius 1 is 1.24 bits per heavy atom. The van der Waals surface area contributed by atoms with Crippen LogP contribution in [0.4, 0.5) is 0 Å². The first kappa shape index (κ1) is 17.0. The van der Waals surface area contributed by atoms with Crippen LogP contribution in [0.2, 0.25) is 0 Å². The van der Waals surface area contributed by atoms with E-state index in [1.54, 1.807) is 6.92 Å². The average molecular weight is 350 g/mol. The van der Waals surface area contributed by atoms with E-state index in [2.05, 4.69) is 6.58 Å². The van der Waals surface area contributed by atoms with Crippen LogP contribution in [0.15, 0.2) is 12.2 Å². The molecule has 0 aromatic heterocycles. The SMILES string of the molecule is C=C(C)C(=O)OCC1COC2(CO1)C1CC3CC2CC(C(=O)O)(C3)C1. The lowest BCUT2D eigenvalue weighted by Gasteiger charge is -2.64. The highest BCUT2D eigenvalue weighted by atomic mass is 16.6. The van der Waals surface area contributed by atoms with E-state index in [-0.39, 0.29) is 30.1 Å². The van der Waals surface area contributed by atoms with Crippen molar-refractivity contribution >= 4 is 11.9 Å². The van der Waals surface area contributed by atoms with Crippen LogP contribution < -0.4 is 0 Å². The number of hydrogen-bond acceptors (Lipinski definition) is 5. The molecule has 6 nitrogen and oxygen atoms in total. The summed E-state index contributed by atoms with van der Waals surface area (Å²) in [4.78, 5) is 23.4. The van der Waals surface area contributed by atoms with E-state index in [0.29, 0.717) is 37.5 Å². The van der Waals surface area contributed by atoms with Gasteiger partial charge in [0.25, 0.3) is 0 Å². The van der Waals surface area contributed by atoms with Crippen molar-refractivity contribution in [1.29, 1.82) is 0 Å². The van der Waals surface area contributed by atoms with Crippen LogP contribution in [0.5, 0.6) is 0 Å². The number of aliphatic carboxylic acids is 1. The molecule has 0 radical (unpaired) electrons. The molecule has 4 bridgehead atoms. The second-order valence-corrected chi connectivity index (χ2v) is 8.51. The number of hydrogen-bond donors (Lipinski definition) is 1. The molecule has 1 saturated heterocycles. The maximum Gasteiger partial charge on any atom is 0.333 e. The second kappa shape index (κ2) is 5.81. The first-order valence-electron chi connectivity index (χ1n) is 9.16. The summed E-state index contributed by atoms with van der Waals surface area (Å²) in [5.41, 5.74) is -0.517. The highest BCUT2D eigenvalue weighted by Crippen LogP contribution is 2.65. The Morgan fingerprint density at radius 3 is 2.44 bits per heavy atom. The Hall–Kier alpha value is -1.40. The molecule has 1 aliphatic heterocycles. The van der Waals surface area contributed by atoms with Crippen molar-refractivity contribution in [2.45, 2.75) is 50.7 Å². The smallest absolute Gasteiger partial charge is 0.333 e. The van der Waals surface area contributed by atoms with Gasteiger partial charge in [0.05, 0.1) is 24.2 Å². The van der Waals surface area contributed by atoms with Crippen molar-refractivity contribution in [2.24, 2.45) is 23.2 Å². The Kier molecular flexibility index (Phi) is 3.96. The molecule has 1 spiro atoms. The van der Waals surface area contributed by atoms with E-state index in [0.717, 1.165) is 19.3 Å². The Morgan fingerprint density at radius 2 is 1.92 bits per heavy atom. The summed E-state index contributed by atoms with van der Waals surface area (Å²) in [6.45, 7) is 6.20. The molecular weight excluding hydrogens is 324 g/mol. The molecule has 6 heteroatoms. The maximum atomic E-state index is 11.9. The van der Waals surface area contributed by atoms with Crippen molar-refractivity contribution in [3.63, 3.8) is 0 Å². The first-order valence-corrected chi connectivity index (χ1v) is 9.16. The predicted octanol–water partition coefficient (Wildman–Crippen LogP) is 2.17. The van der Waals surface area contributed by atoms with Gasteiger partial charge in [-0.2, -0.15) is 0 Å². The molecule has 25 heavy (non-hydrogen) atoms. The average Bonchev–Trinajstić information content (AvgIpc) is 2.57. The van der Waals surface area contributed by atoms with Gasteiger partial charge >= 0.3 is 11.9 Å². The summed E-state index contributed by atoms with van der Waals surface area (Å²) >= 11 is 0. The summed E-state index contributed by atoms with van der Waals surface area (Å²) in [6, 6.07) is 0. The van der Waals surface area contributed by atoms with E-state index in [4.69, 9.17) is 14.2 Å². The minimum atomic E-state index is -0.636. The molecule has 3 unspecified atom stereocenters. The van der Waals surface area contributed by atoms with Gasteiger partial charge in [-0.25, -0.2) is 4.79 Å². The van der Waals surface area contributed by atoms with Crippen LogP contribution in [0, 0.1) is 23.2 Å². The van der Waals surface area contributed by atoms with Gasteiger partial charge in [-0.1, -0.05) is 6.58 Å². The zero-order valence-corrected chi connectivity index (χ0v) is 14.7. The van der Waals surface area contributed by atoms with Gasteiger partial charge in [0, 0.05) is 5.57 Å². The predicted molar refractivity (Wildman–Crippen MR) is 87.8 cm³/mol. The van der Waals surface area contributed by atoms with Gasteiger partial charge in [-0.3, -0.25) is 4.79 Å². The summed E-state index contributed by atoms with van der Waals surface area (Å²) < 4.78 is 17.5. The quantitative estimate of drug-likeness (QED) is 0.618. The van der Waals surface area contributed by atoms with E-state index in [9.17, 15) is 14.7 Å². The fourth-order valence-corrected chi connectivity index (χ4v) is 5.77. The van der Waals surface area contributed by atoms with Gasteiger partial charge in [-0.15, -0.1) is 0 Å². The number of carbonyl (C=O) groups is 2. The van der Waals surface area contributed by atoms with Crippen LogP contribution >= 0.6 is 0 Å². The highest BCUT2D eigenvalue weighted by Gasteiger charge is 2.66. The van der Waals surface area contributed by atoms with Crippen LogP contribution in [0.1, 0.15) is 39.0 Å². The van der Waals surface area contributed by atoms with Crippen LogP contribution in [-0.4, -0.2) is 48.6 Å². The zero-order chi connectivity index (χ0) is 17.8. The minimum Gasteiger partial charge on any atom is -0.481 e. The normalized spacial score (nSPS) is 44.7. The molecule has 0 aromatic rings. The maximum absolute atomic E-state index is 11.9. The number of carboxylic acid groups (broad SMARTS) is 1. The van der Waals surface area contributed by atoms with E-state index < -0.39 is 17.4 Å². The molecule has 5 aliphatic rings. The Balaban J connectivity index is 1.41. The Labute approximate surface area is 147 Å². The molecule has 138 valence electrons. The van der Waals surface area contributed by atoms with Crippen molar-refractivity contribution in [3.05, 3.63) is 12.2 Å². The summed E-state index contributed by atoms with van der Waals surface area (Å²) in [6.07, 6.45) is 4.06. The largest absolute Gasteiger partial charge is 0.481 e. The van der Waals surface area contributed by atoms with Crippen LogP contribution in [0.25, 0.3) is 0 Å². The van der Waals surface area contributed by atoms with Gasteiger partial charge in [0.2, 0.25) is 0 Å². The van der Waals surface area contributed by atoms with Crippen molar-refractivity contribution in [1.82, 2.24) is 0 Å². The fourth-order valence-electron chi connectivity index (χ4n) is 5.77. The summed E-state index contributed by atoms with van der Waals surface area (Å²) in [5, 5.41) is 9.75. The number of rotatable bonds is 4. The molecule has 0 aromatic carbocycles. The third kappa shape index (κ3) is 2.61. The molecule has 5 rings (SSSR count). The highest BCUT2D eigenvalue weighted by molar-refractivity contribution is 5.86. The summed E-state index contributed by atoms with van der Waals surface area (Å²) in [5.74, 6) is -0.0235. The van der Waals surface area contributed by atoms with Gasteiger partial charge < -0.3 is 19.3 Å². The van der Waals surface area contributed by atoms with Crippen molar-refractivity contribution < 1.29 is 28.9 Å². The second-order valence-electron chi connectivity index (χ2n) is 8.51. The third-order valence-corrected chi connectivity index (χ3v) is 6.86. The van der Waals surface area contributed by atoms with E-state index >= 15 is 0 Å². The number of carbonyl (C=O) groups excluding carboxylic acids is 1. The minimum absolute atomic E-state index is 0.165. The fraction of sp³-hybridized carbons (Fsp3) is 0.789. The monoisotopic (exact) mass is 350 g/mol. The van der Waals surface area contributed by atoms with Crippen molar-refractivity contribution in [2.75, 3.05) is 19.8 Å².